The van der Waals surface area contributed by atoms with Crippen LogP contribution in [0.1, 0.15) is 31.3 Å². The van der Waals surface area contributed by atoms with E-state index in [-0.39, 0.29) is 6.54 Å². The number of nitrogens with one attached hydrogen (secondary N) is 1. The van der Waals surface area contributed by atoms with Gasteiger partial charge in [0.2, 0.25) is 0 Å². The summed E-state index contributed by atoms with van der Waals surface area (Å²) in [5, 5.41) is 7.98. The summed E-state index contributed by atoms with van der Waals surface area (Å²) in [6.45, 7) is 5.99. The van der Waals surface area contributed by atoms with Gasteiger partial charge in [-0.3, -0.25) is 5.10 Å². The monoisotopic (exact) mass is 442 g/mol. The molecule has 0 spiro atoms. The van der Waals surface area contributed by atoms with E-state index >= 15 is 0 Å². The van der Waals surface area contributed by atoms with Gasteiger partial charge in [-0.2, -0.15) is 22.1 Å². The van der Waals surface area contributed by atoms with Gasteiger partial charge in [0.25, 0.3) is 10.2 Å². The Balaban J connectivity index is 1.57. The second-order valence-corrected chi connectivity index (χ2v) is 9.04. The molecule has 0 aliphatic carbocycles. The van der Waals surface area contributed by atoms with Gasteiger partial charge in [0, 0.05) is 43.3 Å². The van der Waals surface area contributed by atoms with Crippen LogP contribution in [0.5, 0.6) is 5.75 Å². The SMILES string of the molecule is CCN(CC)S(=O)(=O)N1CCO[C@@H](c2cc(CCOc3ccc(Cl)cc3)[nH]n2)C1. The molecule has 3 rings (SSSR count). The summed E-state index contributed by atoms with van der Waals surface area (Å²) in [7, 11) is -3.49. The number of nitrogens with zero attached hydrogens (tertiary/aromatic N) is 3. The van der Waals surface area contributed by atoms with E-state index in [2.05, 4.69) is 10.2 Å². The van der Waals surface area contributed by atoms with Gasteiger partial charge in [0.15, 0.2) is 0 Å². The van der Waals surface area contributed by atoms with Crippen LogP contribution in [0.2, 0.25) is 5.02 Å². The number of benzene rings is 1. The fraction of sp³-hybridized carbons (Fsp3) is 0.526. The van der Waals surface area contributed by atoms with Crippen molar-refractivity contribution in [2.75, 3.05) is 39.4 Å². The predicted molar refractivity (Wildman–Crippen MR) is 111 cm³/mol. The Bertz CT molecular complexity index is 884. The van der Waals surface area contributed by atoms with E-state index in [9.17, 15) is 8.42 Å². The number of hydrogen-bond acceptors (Lipinski definition) is 5. The molecule has 8 nitrogen and oxygen atoms in total. The summed E-state index contributed by atoms with van der Waals surface area (Å²) in [5.41, 5.74) is 1.60. The largest absolute Gasteiger partial charge is 0.493 e. The van der Waals surface area contributed by atoms with Crippen LogP contribution in [0.3, 0.4) is 0 Å². The first kappa shape index (κ1) is 22.0. The van der Waals surface area contributed by atoms with Crippen LogP contribution < -0.4 is 4.74 Å². The minimum Gasteiger partial charge on any atom is -0.493 e. The van der Waals surface area contributed by atoms with Crippen LogP contribution in [0.15, 0.2) is 30.3 Å². The number of H-pyrrole nitrogens is 1. The zero-order valence-corrected chi connectivity index (χ0v) is 18.2. The van der Waals surface area contributed by atoms with Crippen LogP contribution in [-0.2, 0) is 21.4 Å². The molecule has 1 aromatic heterocycles. The highest BCUT2D eigenvalue weighted by molar-refractivity contribution is 7.86. The highest BCUT2D eigenvalue weighted by atomic mass is 35.5. The lowest BCUT2D eigenvalue weighted by molar-refractivity contribution is -0.00661. The van der Waals surface area contributed by atoms with Gasteiger partial charge in [-0.15, -0.1) is 0 Å². The Morgan fingerprint density at radius 3 is 2.72 bits per heavy atom. The van der Waals surface area contributed by atoms with E-state index < -0.39 is 16.3 Å². The maximum absolute atomic E-state index is 12.8. The minimum atomic E-state index is -3.49. The third-order valence-electron chi connectivity index (χ3n) is 4.82. The maximum atomic E-state index is 12.8. The van der Waals surface area contributed by atoms with Crippen molar-refractivity contribution < 1.29 is 17.9 Å². The van der Waals surface area contributed by atoms with Gasteiger partial charge < -0.3 is 9.47 Å². The van der Waals surface area contributed by atoms with Gasteiger partial charge in [-0.1, -0.05) is 25.4 Å². The van der Waals surface area contributed by atoms with Crippen LogP contribution >= 0.6 is 11.6 Å². The molecule has 10 heteroatoms. The molecule has 0 radical (unpaired) electrons. The molecule has 1 N–H and O–H groups in total. The molecule has 1 aliphatic heterocycles. The third-order valence-corrected chi connectivity index (χ3v) is 7.23. The van der Waals surface area contributed by atoms with Gasteiger partial charge in [-0.25, -0.2) is 0 Å². The van der Waals surface area contributed by atoms with Crippen molar-refractivity contribution >= 4 is 21.8 Å². The van der Waals surface area contributed by atoms with Gasteiger partial charge >= 0.3 is 0 Å². The Kier molecular flexibility index (Phi) is 7.53. The number of morpholine rings is 1. The first-order valence-electron chi connectivity index (χ1n) is 9.73. The normalized spacial score (nSPS) is 18.3. The van der Waals surface area contributed by atoms with Crippen LogP contribution in [0, 0.1) is 0 Å². The molecule has 2 aromatic rings. The average Bonchev–Trinajstić information content (AvgIpc) is 3.19. The molecule has 29 heavy (non-hydrogen) atoms. The smallest absolute Gasteiger partial charge is 0.282 e. The van der Waals surface area contributed by atoms with Crippen molar-refractivity contribution in [1.29, 1.82) is 0 Å². The van der Waals surface area contributed by atoms with E-state index in [0.717, 1.165) is 11.4 Å². The molecule has 1 atom stereocenters. The van der Waals surface area contributed by atoms with Crippen molar-refractivity contribution in [3.05, 3.63) is 46.7 Å². The summed E-state index contributed by atoms with van der Waals surface area (Å²) in [6.07, 6.45) is 0.250. The van der Waals surface area contributed by atoms with E-state index in [0.29, 0.717) is 50.0 Å². The molecule has 1 fully saturated rings. The second-order valence-electron chi connectivity index (χ2n) is 6.68. The lowest BCUT2D eigenvalue weighted by atomic mass is 10.2. The Morgan fingerprint density at radius 2 is 2.03 bits per heavy atom. The van der Waals surface area contributed by atoms with E-state index in [1.165, 1.54) is 8.61 Å². The summed E-state index contributed by atoms with van der Waals surface area (Å²) in [4.78, 5) is 0. The molecular weight excluding hydrogens is 416 g/mol. The highest BCUT2D eigenvalue weighted by Gasteiger charge is 2.34. The quantitative estimate of drug-likeness (QED) is 0.645. The van der Waals surface area contributed by atoms with E-state index in [4.69, 9.17) is 21.1 Å². The zero-order chi connectivity index (χ0) is 20.9. The molecule has 0 saturated carbocycles. The lowest BCUT2D eigenvalue weighted by Crippen LogP contribution is -2.49. The first-order valence-corrected chi connectivity index (χ1v) is 11.5. The second kappa shape index (κ2) is 9.90. The Labute approximate surface area is 176 Å². The molecular formula is C19H27ClN4O4S. The molecule has 2 heterocycles. The topological polar surface area (TPSA) is 87.8 Å². The van der Waals surface area contributed by atoms with Crippen LogP contribution in [0.4, 0.5) is 0 Å². The third kappa shape index (κ3) is 5.49. The number of hydrogen-bond donors (Lipinski definition) is 1. The van der Waals surface area contributed by atoms with E-state index in [1.54, 1.807) is 12.1 Å². The number of aromatic nitrogens is 2. The molecule has 160 valence electrons. The van der Waals surface area contributed by atoms with Crippen molar-refractivity contribution in [2.24, 2.45) is 0 Å². The Hall–Kier alpha value is -1.65. The van der Waals surface area contributed by atoms with Crippen molar-refractivity contribution in [3.63, 3.8) is 0 Å². The number of rotatable bonds is 9. The Morgan fingerprint density at radius 1 is 1.31 bits per heavy atom. The summed E-state index contributed by atoms with van der Waals surface area (Å²) < 4.78 is 40.0. The zero-order valence-electron chi connectivity index (χ0n) is 16.7. The highest BCUT2D eigenvalue weighted by Crippen LogP contribution is 2.24. The minimum absolute atomic E-state index is 0.254. The van der Waals surface area contributed by atoms with Crippen LogP contribution in [-0.4, -0.2) is 66.6 Å². The summed E-state index contributed by atoms with van der Waals surface area (Å²) in [5.74, 6) is 0.752. The summed E-state index contributed by atoms with van der Waals surface area (Å²) >= 11 is 5.87. The van der Waals surface area contributed by atoms with Gasteiger partial charge in [-0.05, 0) is 30.3 Å². The number of ether oxygens (including phenoxy) is 2. The lowest BCUT2D eigenvalue weighted by Gasteiger charge is -2.34. The first-order chi connectivity index (χ1) is 13.9. The van der Waals surface area contributed by atoms with Gasteiger partial charge in [0.1, 0.15) is 11.9 Å². The molecule has 0 unspecified atom stereocenters. The molecule has 0 amide bonds. The van der Waals surface area contributed by atoms with Crippen molar-refractivity contribution in [2.45, 2.75) is 26.4 Å². The maximum Gasteiger partial charge on any atom is 0.282 e. The summed E-state index contributed by atoms with van der Waals surface area (Å²) in [6, 6.07) is 9.11. The molecule has 1 saturated heterocycles. The van der Waals surface area contributed by atoms with E-state index in [1.807, 2.05) is 32.0 Å². The van der Waals surface area contributed by atoms with Crippen molar-refractivity contribution in [1.82, 2.24) is 18.8 Å². The van der Waals surface area contributed by atoms with Crippen LogP contribution in [0.25, 0.3) is 0 Å². The molecule has 0 bridgehead atoms. The molecule has 1 aliphatic rings. The predicted octanol–water partition coefficient (Wildman–Crippen LogP) is 2.64. The fourth-order valence-electron chi connectivity index (χ4n) is 3.21. The van der Waals surface area contributed by atoms with Crippen molar-refractivity contribution in [3.8, 4) is 5.75 Å². The standard InChI is InChI=1S/C19H27ClN4O4S/c1-3-23(4-2)29(25,26)24-10-12-28-19(14-24)18-13-16(21-22-18)9-11-27-17-7-5-15(20)6-8-17/h5-8,13,19H,3-4,9-12,14H2,1-2H3,(H,21,22)/t19-/m1/s1. The fourth-order valence-corrected chi connectivity index (χ4v) is 4.94. The number of aromatic amines is 1. The van der Waals surface area contributed by atoms with Gasteiger partial charge in [0.05, 0.1) is 18.9 Å². The average molecular weight is 443 g/mol. The number of halogens is 1. The molecule has 1 aromatic carbocycles.